The molecule has 0 radical (unpaired) electrons. The summed E-state index contributed by atoms with van der Waals surface area (Å²) < 4.78 is 5.81. The lowest BCUT2D eigenvalue weighted by Crippen LogP contribution is -2.37. The van der Waals surface area contributed by atoms with Crippen LogP contribution in [0.2, 0.25) is 5.02 Å². The Bertz CT molecular complexity index is 547. The number of likely N-dealkylation sites (tertiary alicyclic amines) is 1. The van der Waals surface area contributed by atoms with Gasteiger partial charge in [-0.3, -0.25) is 4.90 Å². The van der Waals surface area contributed by atoms with Crippen LogP contribution in [0, 0.1) is 5.92 Å². The SMILES string of the molecule is CCN(CCO)CCCOCCC1CCN(C(C=O)c2ccc(Cl)cc2)CC1. The predicted octanol–water partition coefficient (Wildman–Crippen LogP) is 3.40. The Kier molecular flexibility index (Phi) is 11.1. The third-order valence-corrected chi connectivity index (χ3v) is 5.93. The zero-order valence-corrected chi connectivity index (χ0v) is 17.8. The first-order chi connectivity index (χ1) is 13.7. The molecule has 1 unspecified atom stereocenters. The third kappa shape index (κ3) is 7.80. The van der Waals surface area contributed by atoms with Gasteiger partial charge in [0.05, 0.1) is 12.6 Å². The van der Waals surface area contributed by atoms with Gasteiger partial charge in [-0.2, -0.15) is 0 Å². The highest BCUT2D eigenvalue weighted by atomic mass is 35.5. The van der Waals surface area contributed by atoms with Crippen LogP contribution in [0.25, 0.3) is 0 Å². The van der Waals surface area contributed by atoms with E-state index in [1.165, 1.54) is 0 Å². The second-order valence-corrected chi connectivity index (χ2v) is 7.96. The summed E-state index contributed by atoms with van der Waals surface area (Å²) in [7, 11) is 0. The molecule has 5 nitrogen and oxygen atoms in total. The molecule has 0 saturated carbocycles. The molecule has 6 heteroatoms. The maximum absolute atomic E-state index is 11.6. The predicted molar refractivity (Wildman–Crippen MR) is 114 cm³/mol. The molecule has 1 aliphatic rings. The summed E-state index contributed by atoms with van der Waals surface area (Å²) in [6.45, 7) is 8.51. The molecule has 2 rings (SSSR count). The molecule has 1 aliphatic heterocycles. The van der Waals surface area contributed by atoms with Crippen molar-refractivity contribution in [1.29, 1.82) is 0 Å². The molecule has 1 aromatic carbocycles. The lowest BCUT2D eigenvalue weighted by molar-refractivity contribution is -0.113. The van der Waals surface area contributed by atoms with Gasteiger partial charge in [-0.25, -0.2) is 0 Å². The van der Waals surface area contributed by atoms with Crippen LogP contribution in [0.4, 0.5) is 0 Å². The van der Waals surface area contributed by atoms with Gasteiger partial charge in [-0.05, 0) is 68.9 Å². The molecule has 1 aromatic rings. The molecule has 28 heavy (non-hydrogen) atoms. The summed E-state index contributed by atoms with van der Waals surface area (Å²) in [5.74, 6) is 0.676. The van der Waals surface area contributed by atoms with Gasteiger partial charge < -0.3 is 19.5 Å². The van der Waals surface area contributed by atoms with Crippen LogP contribution >= 0.6 is 11.6 Å². The molecule has 1 N–H and O–H groups in total. The topological polar surface area (TPSA) is 53.0 Å². The van der Waals surface area contributed by atoms with E-state index >= 15 is 0 Å². The number of halogens is 1. The van der Waals surface area contributed by atoms with E-state index in [4.69, 9.17) is 21.4 Å². The number of rotatable bonds is 13. The molecule has 1 atom stereocenters. The van der Waals surface area contributed by atoms with Crippen LogP contribution in [-0.4, -0.2) is 73.7 Å². The quantitative estimate of drug-likeness (QED) is 0.399. The first kappa shape index (κ1) is 23.3. The van der Waals surface area contributed by atoms with Crippen molar-refractivity contribution in [2.45, 2.75) is 38.6 Å². The van der Waals surface area contributed by atoms with E-state index in [0.717, 1.165) is 83.5 Å². The second-order valence-electron chi connectivity index (χ2n) is 7.52. The second kappa shape index (κ2) is 13.3. The van der Waals surface area contributed by atoms with Gasteiger partial charge in [0.2, 0.25) is 0 Å². The van der Waals surface area contributed by atoms with Gasteiger partial charge in [-0.15, -0.1) is 0 Å². The monoisotopic (exact) mass is 410 g/mol. The number of benzene rings is 1. The first-order valence-electron chi connectivity index (χ1n) is 10.5. The molecule has 0 bridgehead atoms. The van der Waals surface area contributed by atoms with Crippen LogP contribution in [0.5, 0.6) is 0 Å². The van der Waals surface area contributed by atoms with Gasteiger partial charge in [0.1, 0.15) is 6.29 Å². The zero-order chi connectivity index (χ0) is 20.2. The fraction of sp³-hybridized carbons (Fsp3) is 0.682. The van der Waals surface area contributed by atoms with E-state index in [1.807, 2.05) is 24.3 Å². The van der Waals surface area contributed by atoms with Gasteiger partial charge in [-0.1, -0.05) is 30.7 Å². The van der Waals surface area contributed by atoms with Crippen LogP contribution in [0.15, 0.2) is 24.3 Å². The fourth-order valence-corrected chi connectivity index (χ4v) is 3.99. The van der Waals surface area contributed by atoms with Crippen LogP contribution in [0.1, 0.15) is 44.2 Å². The summed E-state index contributed by atoms with van der Waals surface area (Å²) >= 11 is 5.96. The van der Waals surface area contributed by atoms with Crippen LogP contribution in [0.3, 0.4) is 0 Å². The number of aliphatic hydroxyl groups excluding tert-OH is 1. The molecular weight excluding hydrogens is 376 g/mol. The summed E-state index contributed by atoms with van der Waals surface area (Å²) in [5, 5.41) is 9.69. The Hall–Kier alpha value is -0.980. The maximum Gasteiger partial charge on any atom is 0.141 e. The van der Waals surface area contributed by atoms with Crippen molar-refractivity contribution in [2.24, 2.45) is 5.92 Å². The van der Waals surface area contributed by atoms with Crippen molar-refractivity contribution in [2.75, 3.05) is 52.5 Å². The molecule has 0 spiro atoms. The normalized spacial score (nSPS) is 17.1. The number of carbonyl (C=O) groups is 1. The number of ether oxygens (including phenoxy) is 1. The number of hydrogen-bond donors (Lipinski definition) is 1. The molecule has 0 aliphatic carbocycles. The Morgan fingerprint density at radius 1 is 1.25 bits per heavy atom. The zero-order valence-electron chi connectivity index (χ0n) is 17.1. The fourth-order valence-electron chi connectivity index (χ4n) is 3.87. The van der Waals surface area contributed by atoms with Crippen LogP contribution < -0.4 is 0 Å². The van der Waals surface area contributed by atoms with E-state index in [0.29, 0.717) is 10.9 Å². The number of aldehydes is 1. The largest absolute Gasteiger partial charge is 0.395 e. The minimum absolute atomic E-state index is 0.171. The minimum Gasteiger partial charge on any atom is -0.395 e. The van der Waals surface area contributed by atoms with Crippen molar-refractivity contribution < 1.29 is 14.6 Å². The lowest BCUT2D eigenvalue weighted by Gasteiger charge is -2.35. The van der Waals surface area contributed by atoms with Gasteiger partial charge >= 0.3 is 0 Å². The number of piperidine rings is 1. The smallest absolute Gasteiger partial charge is 0.141 e. The number of nitrogens with zero attached hydrogens (tertiary/aromatic N) is 2. The first-order valence-corrected chi connectivity index (χ1v) is 10.9. The van der Waals surface area contributed by atoms with Crippen LogP contribution in [-0.2, 0) is 9.53 Å². The highest BCUT2D eigenvalue weighted by molar-refractivity contribution is 6.30. The molecule has 1 fully saturated rings. The molecule has 158 valence electrons. The Morgan fingerprint density at radius 2 is 1.96 bits per heavy atom. The Balaban J connectivity index is 1.61. The third-order valence-electron chi connectivity index (χ3n) is 5.68. The van der Waals surface area contributed by atoms with Crippen molar-refractivity contribution >= 4 is 17.9 Å². The number of carbonyl (C=O) groups excluding carboxylic acids is 1. The van der Waals surface area contributed by atoms with Gasteiger partial charge in [0, 0.05) is 31.3 Å². The summed E-state index contributed by atoms with van der Waals surface area (Å²) in [5.41, 5.74) is 1.02. The van der Waals surface area contributed by atoms with E-state index < -0.39 is 0 Å². The number of hydrogen-bond acceptors (Lipinski definition) is 5. The van der Waals surface area contributed by atoms with Crippen molar-refractivity contribution in [3.63, 3.8) is 0 Å². The summed E-state index contributed by atoms with van der Waals surface area (Å²) in [4.78, 5) is 16.2. The molecule has 1 heterocycles. The Labute approximate surface area is 174 Å². The van der Waals surface area contributed by atoms with E-state index in [-0.39, 0.29) is 12.6 Å². The maximum atomic E-state index is 11.6. The summed E-state index contributed by atoms with van der Waals surface area (Å²) in [6, 6.07) is 7.42. The summed E-state index contributed by atoms with van der Waals surface area (Å²) in [6.07, 6.45) is 5.37. The molecule has 0 amide bonds. The highest BCUT2D eigenvalue weighted by Gasteiger charge is 2.25. The van der Waals surface area contributed by atoms with Crippen molar-refractivity contribution in [3.8, 4) is 0 Å². The van der Waals surface area contributed by atoms with Crippen molar-refractivity contribution in [1.82, 2.24) is 9.80 Å². The highest BCUT2D eigenvalue weighted by Crippen LogP contribution is 2.28. The molecular formula is C22H35ClN2O3. The van der Waals surface area contributed by atoms with Gasteiger partial charge in [0.15, 0.2) is 0 Å². The van der Waals surface area contributed by atoms with Gasteiger partial charge in [0.25, 0.3) is 0 Å². The molecule has 1 saturated heterocycles. The van der Waals surface area contributed by atoms with E-state index in [1.54, 1.807) is 0 Å². The Morgan fingerprint density at radius 3 is 2.57 bits per heavy atom. The standard InChI is InChI=1S/C22H35ClN2O3/c1-2-24(14-15-26)11-3-16-28-17-10-19-8-12-25(13-9-19)22(18-27)20-4-6-21(23)7-5-20/h4-7,18-19,22,26H,2-3,8-17H2,1H3. The lowest BCUT2D eigenvalue weighted by atomic mass is 9.92. The van der Waals surface area contributed by atoms with E-state index in [9.17, 15) is 4.79 Å². The average molecular weight is 411 g/mol. The van der Waals surface area contributed by atoms with Crippen molar-refractivity contribution in [3.05, 3.63) is 34.9 Å². The number of aliphatic hydroxyl groups is 1. The minimum atomic E-state index is -0.171. The molecule has 0 aromatic heterocycles. The van der Waals surface area contributed by atoms with E-state index in [2.05, 4.69) is 16.7 Å². The average Bonchev–Trinajstić information content (AvgIpc) is 2.72. The number of likely N-dealkylation sites (N-methyl/N-ethyl adjacent to an activating group) is 1.